The largest absolute Gasteiger partial charge is 0.394 e. The monoisotopic (exact) mass is 174 g/mol. The molecule has 0 bridgehead atoms. The third kappa shape index (κ3) is 4.31. The van der Waals surface area contributed by atoms with Gasteiger partial charge in [-0.05, 0) is 13.3 Å². The van der Waals surface area contributed by atoms with E-state index in [9.17, 15) is 4.79 Å². The summed E-state index contributed by atoms with van der Waals surface area (Å²) in [5, 5.41) is 11.2. The van der Waals surface area contributed by atoms with Crippen molar-refractivity contribution in [2.45, 2.75) is 38.8 Å². The molecule has 0 spiro atoms. The number of aliphatic hydroxyl groups is 1. The second kappa shape index (κ2) is 5.97. The standard InChI is InChI=1S/C8H18N2O2/c1-3-4-7(9)8(12)10-6(2)5-11/h6-7,11H,3-5,9H2,1-2H3,(H,10,12)/t6-,7?/m1/s1. The number of aliphatic hydroxyl groups excluding tert-OH is 1. The Labute approximate surface area is 73.1 Å². The van der Waals surface area contributed by atoms with Gasteiger partial charge in [-0.2, -0.15) is 0 Å². The van der Waals surface area contributed by atoms with E-state index in [1.54, 1.807) is 6.92 Å². The van der Waals surface area contributed by atoms with Crippen LogP contribution in [0, 0.1) is 0 Å². The van der Waals surface area contributed by atoms with Gasteiger partial charge in [0.1, 0.15) is 0 Å². The van der Waals surface area contributed by atoms with Crippen molar-refractivity contribution in [3.8, 4) is 0 Å². The number of nitrogens with two attached hydrogens (primary N) is 1. The van der Waals surface area contributed by atoms with Crippen LogP contribution in [0.25, 0.3) is 0 Å². The highest BCUT2D eigenvalue weighted by Gasteiger charge is 2.13. The molecule has 0 aromatic rings. The summed E-state index contributed by atoms with van der Waals surface area (Å²) in [6, 6.07) is -0.649. The Kier molecular flexibility index (Phi) is 5.66. The van der Waals surface area contributed by atoms with E-state index in [0.717, 1.165) is 6.42 Å². The van der Waals surface area contributed by atoms with Crippen molar-refractivity contribution in [2.24, 2.45) is 5.73 Å². The second-order valence-corrected chi connectivity index (χ2v) is 2.99. The smallest absolute Gasteiger partial charge is 0.237 e. The third-order valence-electron chi connectivity index (χ3n) is 1.60. The van der Waals surface area contributed by atoms with Gasteiger partial charge in [0, 0.05) is 6.04 Å². The summed E-state index contributed by atoms with van der Waals surface area (Å²) in [6.45, 7) is 3.66. The maximum atomic E-state index is 11.2. The number of nitrogens with one attached hydrogen (secondary N) is 1. The Morgan fingerprint density at radius 2 is 2.25 bits per heavy atom. The first kappa shape index (κ1) is 11.4. The highest BCUT2D eigenvalue weighted by molar-refractivity contribution is 5.81. The first-order valence-electron chi connectivity index (χ1n) is 4.28. The number of hydrogen-bond acceptors (Lipinski definition) is 3. The lowest BCUT2D eigenvalue weighted by Crippen LogP contribution is -2.45. The minimum Gasteiger partial charge on any atom is -0.394 e. The Hall–Kier alpha value is -0.610. The summed E-state index contributed by atoms with van der Waals surface area (Å²) in [7, 11) is 0. The Morgan fingerprint density at radius 3 is 2.67 bits per heavy atom. The van der Waals surface area contributed by atoms with Gasteiger partial charge in [0.25, 0.3) is 0 Å². The van der Waals surface area contributed by atoms with Crippen molar-refractivity contribution in [1.82, 2.24) is 5.32 Å². The number of amides is 1. The molecular formula is C8H18N2O2. The van der Waals surface area contributed by atoms with Gasteiger partial charge in [-0.15, -0.1) is 0 Å². The van der Waals surface area contributed by atoms with E-state index in [4.69, 9.17) is 10.8 Å². The molecule has 0 aromatic carbocycles. The first-order valence-corrected chi connectivity index (χ1v) is 4.28. The van der Waals surface area contributed by atoms with E-state index < -0.39 is 6.04 Å². The zero-order valence-corrected chi connectivity index (χ0v) is 7.71. The topological polar surface area (TPSA) is 75.4 Å². The molecule has 72 valence electrons. The molecule has 0 heterocycles. The van der Waals surface area contributed by atoms with Gasteiger partial charge in [0.15, 0.2) is 0 Å². The normalized spacial score (nSPS) is 15.3. The van der Waals surface area contributed by atoms with Gasteiger partial charge in [0.05, 0.1) is 12.6 Å². The van der Waals surface area contributed by atoms with Crippen molar-refractivity contribution < 1.29 is 9.90 Å². The summed E-state index contributed by atoms with van der Waals surface area (Å²) in [5.74, 6) is -0.182. The molecule has 0 radical (unpaired) electrons. The van der Waals surface area contributed by atoms with E-state index in [0.29, 0.717) is 6.42 Å². The molecule has 4 heteroatoms. The highest BCUT2D eigenvalue weighted by atomic mass is 16.3. The fraction of sp³-hybridized carbons (Fsp3) is 0.875. The highest BCUT2D eigenvalue weighted by Crippen LogP contribution is 1.93. The van der Waals surface area contributed by atoms with Crippen LogP contribution in [0.5, 0.6) is 0 Å². The molecule has 1 unspecified atom stereocenters. The van der Waals surface area contributed by atoms with Crippen LogP contribution in [0.2, 0.25) is 0 Å². The minimum absolute atomic E-state index is 0.0510. The Morgan fingerprint density at radius 1 is 1.67 bits per heavy atom. The molecule has 0 saturated heterocycles. The van der Waals surface area contributed by atoms with Gasteiger partial charge in [-0.1, -0.05) is 13.3 Å². The van der Waals surface area contributed by atoms with Crippen LogP contribution in [0.3, 0.4) is 0 Å². The predicted molar refractivity (Wildman–Crippen MR) is 47.6 cm³/mol. The van der Waals surface area contributed by atoms with Gasteiger partial charge >= 0.3 is 0 Å². The predicted octanol–water partition coefficient (Wildman–Crippen LogP) is -0.389. The van der Waals surface area contributed by atoms with Crippen LogP contribution < -0.4 is 11.1 Å². The van der Waals surface area contributed by atoms with Crippen LogP contribution in [0.1, 0.15) is 26.7 Å². The Balaban J connectivity index is 3.70. The van der Waals surface area contributed by atoms with Crippen LogP contribution in [0.15, 0.2) is 0 Å². The van der Waals surface area contributed by atoms with E-state index in [2.05, 4.69) is 5.32 Å². The van der Waals surface area contributed by atoms with Crippen molar-refractivity contribution in [2.75, 3.05) is 6.61 Å². The number of carbonyl (C=O) groups is 1. The van der Waals surface area contributed by atoms with Crippen LogP contribution >= 0.6 is 0 Å². The third-order valence-corrected chi connectivity index (χ3v) is 1.60. The lowest BCUT2D eigenvalue weighted by molar-refractivity contribution is -0.123. The van der Waals surface area contributed by atoms with Gasteiger partial charge in [0.2, 0.25) is 5.91 Å². The average Bonchev–Trinajstić information content (AvgIpc) is 2.04. The molecule has 2 atom stereocenters. The number of carbonyl (C=O) groups excluding carboxylic acids is 1. The number of hydrogen-bond donors (Lipinski definition) is 3. The molecule has 0 aliphatic heterocycles. The molecule has 0 aliphatic carbocycles. The van der Waals surface area contributed by atoms with Crippen LogP contribution in [-0.2, 0) is 4.79 Å². The fourth-order valence-corrected chi connectivity index (χ4v) is 0.838. The van der Waals surface area contributed by atoms with Crippen molar-refractivity contribution in [3.63, 3.8) is 0 Å². The molecule has 1 amide bonds. The van der Waals surface area contributed by atoms with Crippen molar-refractivity contribution in [3.05, 3.63) is 0 Å². The Bertz CT molecular complexity index is 139. The molecule has 0 aromatic heterocycles. The van der Waals surface area contributed by atoms with E-state index in [-0.39, 0.29) is 18.6 Å². The molecule has 0 fully saturated rings. The van der Waals surface area contributed by atoms with E-state index in [1.165, 1.54) is 0 Å². The molecule has 12 heavy (non-hydrogen) atoms. The lowest BCUT2D eigenvalue weighted by atomic mass is 10.1. The molecule has 4 N–H and O–H groups in total. The summed E-state index contributed by atoms with van der Waals surface area (Å²) in [4.78, 5) is 11.2. The molecule has 0 aliphatic rings. The first-order chi connectivity index (χ1) is 5.61. The maximum absolute atomic E-state index is 11.2. The summed E-state index contributed by atoms with van der Waals surface area (Å²) in [6.07, 6.45) is 1.58. The second-order valence-electron chi connectivity index (χ2n) is 2.99. The average molecular weight is 174 g/mol. The summed E-state index contributed by atoms with van der Waals surface area (Å²) in [5.41, 5.74) is 5.54. The zero-order chi connectivity index (χ0) is 9.56. The van der Waals surface area contributed by atoms with Gasteiger partial charge in [-0.25, -0.2) is 0 Å². The number of rotatable bonds is 5. The van der Waals surface area contributed by atoms with Gasteiger partial charge < -0.3 is 16.2 Å². The molecule has 0 rings (SSSR count). The quantitative estimate of drug-likeness (QED) is 0.531. The molecule has 4 nitrogen and oxygen atoms in total. The summed E-state index contributed by atoms with van der Waals surface area (Å²) >= 11 is 0. The molecular weight excluding hydrogens is 156 g/mol. The van der Waals surface area contributed by atoms with Crippen molar-refractivity contribution in [1.29, 1.82) is 0 Å². The van der Waals surface area contributed by atoms with Crippen LogP contribution in [-0.4, -0.2) is 29.7 Å². The molecule has 0 saturated carbocycles. The summed E-state index contributed by atoms with van der Waals surface area (Å²) < 4.78 is 0. The lowest BCUT2D eigenvalue weighted by Gasteiger charge is -2.14. The van der Waals surface area contributed by atoms with Crippen molar-refractivity contribution >= 4 is 5.91 Å². The van der Waals surface area contributed by atoms with Gasteiger partial charge in [-0.3, -0.25) is 4.79 Å². The fourth-order valence-electron chi connectivity index (χ4n) is 0.838. The van der Waals surface area contributed by atoms with Crippen LogP contribution in [0.4, 0.5) is 0 Å². The SMILES string of the molecule is CCCC(N)C(=O)N[C@H](C)CO. The maximum Gasteiger partial charge on any atom is 0.237 e. The minimum atomic E-state index is -0.441. The zero-order valence-electron chi connectivity index (χ0n) is 7.71. The van der Waals surface area contributed by atoms with E-state index >= 15 is 0 Å². The van der Waals surface area contributed by atoms with E-state index in [1.807, 2.05) is 6.92 Å².